The molecule has 2 aromatic rings. The van der Waals surface area contributed by atoms with Crippen molar-refractivity contribution in [2.24, 2.45) is 0 Å². The van der Waals surface area contributed by atoms with Crippen LogP contribution in [0.2, 0.25) is 0 Å². The van der Waals surface area contributed by atoms with Crippen molar-refractivity contribution in [2.45, 2.75) is 0 Å². The second-order valence-corrected chi connectivity index (χ2v) is 4.51. The first-order valence-electron chi connectivity index (χ1n) is 5.20. The molecule has 18 heavy (non-hydrogen) atoms. The van der Waals surface area contributed by atoms with Crippen molar-refractivity contribution in [3.05, 3.63) is 30.5 Å². The molecule has 0 bridgehead atoms. The van der Waals surface area contributed by atoms with E-state index in [1.165, 1.54) is 18.4 Å². The molecular weight excluding hydrogens is 252 g/mol. The van der Waals surface area contributed by atoms with Crippen LogP contribution in [0.25, 0.3) is 10.4 Å². The smallest absolute Gasteiger partial charge is 0.343 e. The predicted octanol–water partition coefficient (Wildman–Crippen LogP) is 1.94. The Labute approximate surface area is 108 Å². The molecule has 94 valence electrons. The molecule has 0 saturated carbocycles. The van der Waals surface area contributed by atoms with Gasteiger partial charge in [0.2, 0.25) is 0 Å². The molecule has 1 heterocycles. The summed E-state index contributed by atoms with van der Waals surface area (Å²) in [7, 11) is 1.32. The summed E-state index contributed by atoms with van der Waals surface area (Å²) in [4.78, 5) is 15.9. The van der Waals surface area contributed by atoms with Crippen LogP contribution in [0.3, 0.4) is 0 Å². The first-order chi connectivity index (χ1) is 8.69. The lowest BCUT2D eigenvalue weighted by atomic mass is 10.2. The Kier molecular flexibility index (Phi) is 3.78. The number of methoxy groups -OCH3 is 1. The van der Waals surface area contributed by atoms with E-state index in [0.29, 0.717) is 10.9 Å². The van der Waals surface area contributed by atoms with Crippen LogP contribution in [0, 0.1) is 0 Å². The highest BCUT2D eigenvalue weighted by molar-refractivity contribution is 7.18. The molecule has 1 aromatic carbocycles. The van der Waals surface area contributed by atoms with Crippen LogP contribution in [0.15, 0.2) is 30.5 Å². The van der Waals surface area contributed by atoms with Gasteiger partial charge < -0.3 is 15.2 Å². The van der Waals surface area contributed by atoms with E-state index in [1.807, 2.05) is 12.1 Å². The maximum atomic E-state index is 10.9. The molecule has 0 atom stereocenters. The van der Waals surface area contributed by atoms with Gasteiger partial charge in [0.1, 0.15) is 5.75 Å². The Morgan fingerprint density at radius 2 is 2.11 bits per heavy atom. The van der Waals surface area contributed by atoms with Crippen molar-refractivity contribution in [3.8, 4) is 16.2 Å². The lowest BCUT2D eigenvalue weighted by molar-refractivity contribution is -0.142. The number of anilines is 1. The summed E-state index contributed by atoms with van der Waals surface area (Å²) in [6.45, 7) is -0.0939. The summed E-state index contributed by atoms with van der Waals surface area (Å²) < 4.78 is 9.73. The highest BCUT2D eigenvalue weighted by Crippen LogP contribution is 2.28. The number of esters is 1. The molecule has 0 unspecified atom stereocenters. The predicted molar refractivity (Wildman–Crippen MR) is 69.5 cm³/mol. The number of nitrogen functional groups attached to an aromatic ring is 1. The zero-order valence-electron chi connectivity index (χ0n) is 9.75. The number of aromatic nitrogens is 1. The van der Waals surface area contributed by atoms with Crippen LogP contribution in [0.5, 0.6) is 5.75 Å². The average Bonchev–Trinajstić information content (AvgIpc) is 2.83. The minimum Gasteiger partial charge on any atom is -0.482 e. The van der Waals surface area contributed by atoms with Gasteiger partial charge in [-0.1, -0.05) is 11.3 Å². The van der Waals surface area contributed by atoms with Gasteiger partial charge in [0.25, 0.3) is 0 Å². The Morgan fingerprint density at radius 3 is 2.67 bits per heavy atom. The van der Waals surface area contributed by atoms with Crippen molar-refractivity contribution in [2.75, 3.05) is 19.5 Å². The van der Waals surface area contributed by atoms with Crippen molar-refractivity contribution in [1.29, 1.82) is 0 Å². The topological polar surface area (TPSA) is 74.4 Å². The normalized spacial score (nSPS) is 10.1. The molecule has 0 aliphatic rings. The average molecular weight is 264 g/mol. The molecule has 0 spiro atoms. The number of hydrogen-bond acceptors (Lipinski definition) is 6. The number of rotatable bonds is 4. The molecule has 0 aliphatic heterocycles. The standard InChI is InChI=1S/C12H12N2O3S/c1-16-11(15)7-17-9-4-2-8(3-5-9)10-6-14-12(13)18-10/h2-6H,7H2,1H3,(H2,13,14). The van der Waals surface area contributed by atoms with Gasteiger partial charge in [0.05, 0.1) is 12.0 Å². The van der Waals surface area contributed by atoms with Gasteiger partial charge in [-0.25, -0.2) is 9.78 Å². The summed E-state index contributed by atoms with van der Waals surface area (Å²) in [6.07, 6.45) is 1.73. The SMILES string of the molecule is COC(=O)COc1ccc(-c2cnc(N)s2)cc1. The maximum absolute atomic E-state index is 10.9. The largest absolute Gasteiger partial charge is 0.482 e. The molecule has 6 heteroatoms. The highest BCUT2D eigenvalue weighted by Gasteiger charge is 2.04. The quantitative estimate of drug-likeness (QED) is 0.854. The van der Waals surface area contributed by atoms with Crippen molar-refractivity contribution >= 4 is 22.4 Å². The number of carbonyl (C=O) groups excluding carboxylic acids is 1. The number of carbonyl (C=O) groups is 1. The van der Waals surface area contributed by atoms with Gasteiger partial charge >= 0.3 is 5.97 Å². The second kappa shape index (κ2) is 5.50. The minimum atomic E-state index is -0.408. The molecule has 1 aromatic heterocycles. The zero-order valence-corrected chi connectivity index (χ0v) is 10.6. The van der Waals surface area contributed by atoms with Crippen LogP contribution in [0.4, 0.5) is 5.13 Å². The molecule has 0 aliphatic carbocycles. The van der Waals surface area contributed by atoms with Crippen LogP contribution >= 0.6 is 11.3 Å². The molecule has 5 nitrogen and oxygen atoms in total. The third-order valence-corrected chi connectivity index (χ3v) is 3.12. The summed E-state index contributed by atoms with van der Waals surface area (Å²) in [5.41, 5.74) is 6.58. The number of thiazole rings is 1. The number of nitrogens with zero attached hydrogens (tertiary/aromatic N) is 1. The van der Waals surface area contributed by atoms with Crippen molar-refractivity contribution < 1.29 is 14.3 Å². The monoisotopic (exact) mass is 264 g/mol. The van der Waals surface area contributed by atoms with E-state index < -0.39 is 5.97 Å². The first kappa shape index (κ1) is 12.4. The molecule has 2 N–H and O–H groups in total. The van der Waals surface area contributed by atoms with Crippen LogP contribution in [0.1, 0.15) is 0 Å². The number of nitrogens with two attached hydrogens (primary N) is 1. The van der Waals surface area contributed by atoms with Gasteiger partial charge in [0, 0.05) is 6.20 Å². The summed E-state index contributed by atoms with van der Waals surface area (Å²) >= 11 is 1.42. The number of benzene rings is 1. The van der Waals surface area contributed by atoms with E-state index in [2.05, 4.69) is 9.72 Å². The highest BCUT2D eigenvalue weighted by atomic mass is 32.1. The van der Waals surface area contributed by atoms with Gasteiger partial charge in [0.15, 0.2) is 11.7 Å². The van der Waals surface area contributed by atoms with Crippen LogP contribution in [-0.4, -0.2) is 24.7 Å². The third-order valence-electron chi connectivity index (χ3n) is 2.25. The van der Waals surface area contributed by atoms with Crippen molar-refractivity contribution in [3.63, 3.8) is 0 Å². The summed E-state index contributed by atoms with van der Waals surface area (Å²) in [5.74, 6) is 0.205. The molecule has 0 amide bonds. The van der Waals surface area contributed by atoms with Crippen molar-refractivity contribution in [1.82, 2.24) is 4.98 Å². The van der Waals surface area contributed by atoms with Crippen LogP contribution < -0.4 is 10.5 Å². The lowest BCUT2D eigenvalue weighted by Gasteiger charge is -2.05. The van der Waals surface area contributed by atoms with Gasteiger partial charge in [-0.3, -0.25) is 0 Å². The first-order valence-corrected chi connectivity index (χ1v) is 6.02. The zero-order chi connectivity index (χ0) is 13.0. The Bertz CT molecular complexity index is 537. The van der Waals surface area contributed by atoms with Crippen LogP contribution in [-0.2, 0) is 9.53 Å². The third kappa shape index (κ3) is 2.98. The number of hydrogen-bond donors (Lipinski definition) is 1. The van der Waals surface area contributed by atoms with E-state index in [0.717, 1.165) is 10.4 Å². The summed E-state index contributed by atoms with van der Waals surface area (Å²) in [6, 6.07) is 7.35. The molecular formula is C12H12N2O3S. The summed E-state index contributed by atoms with van der Waals surface area (Å²) in [5, 5.41) is 0.538. The molecule has 2 rings (SSSR count). The Hall–Kier alpha value is -2.08. The van der Waals surface area contributed by atoms with E-state index in [4.69, 9.17) is 10.5 Å². The van der Waals surface area contributed by atoms with E-state index >= 15 is 0 Å². The fourth-order valence-electron chi connectivity index (χ4n) is 1.34. The van der Waals surface area contributed by atoms with E-state index in [9.17, 15) is 4.79 Å². The second-order valence-electron chi connectivity index (χ2n) is 3.45. The van der Waals surface area contributed by atoms with Gasteiger partial charge in [-0.15, -0.1) is 0 Å². The number of ether oxygens (including phenoxy) is 2. The fraction of sp³-hybridized carbons (Fsp3) is 0.167. The van der Waals surface area contributed by atoms with E-state index in [-0.39, 0.29) is 6.61 Å². The van der Waals surface area contributed by atoms with E-state index in [1.54, 1.807) is 18.3 Å². The van der Waals surface area contributed by atoms with Gasteiger partial charge in [-0.05, 0) is 29.8 Å². The minimum absolute atomic E-state index is 0.0939. The van der Waals surface area contributed by atoms with Gasteiger partial charge in [-0.2, -0.15) is 0 Å². The molecule has 0 fully saturated rings. The fourth-order valence-corrected chi connectivity index (χ4v) is 2.03. The lowest BCUT2D eigenvalue weighted by Crippen LogP contribution is -2.12. The molecule has 0 saturated heterocycles. The Morgan fingerprint density at radius 1 is 1.39 bits per heavy atom. The maximum Gasteiger partial charge on any atom is 0.343 e. The Balaban J connectivity index is 2.03. The molecule has 0 radical (unpaired) electrons.